The number of nitrogens with zero attached hydrogens (tertiary/aromatic N) is 2. The number of aliphatic imine (C=N–C) groups is 1. The maximum Gasteiger partial charge on any atom is 0.251 e. The number of thiazole rings is 1. The third-order valence-electron chi connectivity index (χ3n) is 3.91. The van der Waals surface area contributed by atoms with Gasteiger partial charge in [0, 0.05) is 30.6 Å². The molecule has 0 saturated heterocycles. The molecule has 2 aromatic rings. The van der Waals surface area contributed by atoms with Crippen LogP contribution in [0.25, 0.3) is 0 Å². The van der Waals surface area contributed by atoms with E-state index < -0.39 is 0 Å². The first kappa shape index (κ1) is 25.2. The van der Waals surface area contributed by atoms with Crippen LogP contribution in [0.5, 0.6) is 5.75 Å². The van der Waals surface area contributed by atoms with Gasteiger partial charge in [0.1, 0.15) is 10.8 Å². The molecule has 0 aliphatic rings. The van der Waals surface area contributed by atoms with E-state index in [1.807, 2.05) is 13.0 Å². The van der Waals surface area contributed by atoms with Gasteiger partial charge in [-0.25, -0.2) is 9.98 Å². The smallest absolute Gasteiger partial charge is 0.251 e. The Morgan fingerprint density at radius 2 is 2.00 bits per heavy atom. The molecule has 0 saturated carbocycles. The number of nitrogens with one attached hydrogen (secondary N) is 3. The van der Waals surface area contributed by atoms with Crippen LogP contribution in [-0.2, 0) is 6.54 Å². The van der Waals surface area contributed by atoms with Crippen molar-refractivity contribution in [1.29, 1.82) is 0 Å². The number of methoxy groups -OCH3 is 1. The monoisotopic (exact) mass is 531 g/mol. The van der Waals surface area contributed by atoms with Gasteiger partial charge in [-0.15, -0.1) is 35.3 Å². The lowest BCUT2D eigenvalue weighted by molar-refractivity contribution is 0.0954. The SMILES string of the molecule is CCNC(=NCc1nc(C(C)C)cs1)NCCNC(=O)c1cccc(OC)c1.I. The molecule has 0 unspecified atom stereocenters. The highest BCUT2D eigenvalue weighted by molar-refractivity contribution is 14.0. The molecule has 0 radical (unpaired) electrons. The molecule has 1 amide bonds. The second-order valence-corrected chi connectivity index (χ2v) is 7.37. The molecule has 1 heterocycles. The maximum atomic E-state index is 12.2. The number of amides is 1. The number of guanidine groups is 1. The third-order valence-corrected chi connectivity index (χ3v) is 4.76. The van der Waals surface area contributed by atoms with Crippen molar-refractivity contribution in [3.8, 4) is 5.75 Å². The number of carbonyl (C=O) groups is 1. The maximum absolute atomic E-state index is 12.2. The topological polar surface area (TPSA) is 87.6 Å². The Labute approximate surface area is 193 Å². The minimum Gasteiger partial charge on any atom is -0.497 e. The van der Waals surface area contributed by atoms with Gasteiger partial charge in [0.15, 0.2) is 5.96 Å². The van der Waals surface area contributed by atoms with Crippen molar-refractivity contribution in [3.05, 3.63) is 45.9 Å². The second-order valence-electron chi connectivity index (χ2n) is 6.43. The molecule has 0 spiro atoms. The Morgan fingerprint density at radius 3 is 2.66 bits per heavy atom. The van der Waals surface area contributed by atoms with E-state index in [0.717, 1.165) is 17.2 Å². The van der Waals surface area contributed by atoms with Gasteiger partial charge in [-0.3, -0.25) is 4.79 Å². The van der Waals surface area contributed by atoms with E-state index in [1.54, 1.807) is 36.6 Å². The Morgan fingerprint density at radius 1 is 1.24 bits per heavy atom. The number of benzene rings is 1. The second kappa shape index (κ2) is 13.4. The van der Waals surface area contributed by atoms with Crippen molar-refractivity contribution < 1.29 is 9.53 Å². The molecule has 0 bridgehead atoms. The zero-order valence-corrected chi connectivity index (χ0v) is 20.5. The fraction of sp³-hybridized carbons (Fsp3) is 0.450. The number of hydrogen-bond acceptors (Lipinski definition) is 5. The van der Waals surface area contributed by atoms with Gasteiger partial charge in [0.05, 0.1) is 19.3 Å². The minimum absolute atomic E-state index is 0. The van der Waals surface area contributed by atoms with Crippen molar-refractivity contribution in [3.63, 3.8) is 0 Å². The molecular formula is C20H30IN5O2S. The summed E-state index contributed by atoms with van der Waals surface area (Å²) in [7, 11) is 1.58. The fourth-order valence-electron chi connectivity index (χ4n) is 2.37. The molecule has 0 atom stereocenters. The molecule has 1 aromatic carbocycles. The largest absolute Gasteiger partial charge is 0.497 e. The van der Waals surface area contributed by atoms with Crippen LogP contribution in [0.15, 0.2) is 34.6 Å². The Balaban J connectivity index is 0.00000420. The summed E-state index contributed by atoms with van der Waals surface area (Å²) in [4.78, 5) is 21.4. The summed E-state index contributed by atoms with van der Waals surface area (Å²) in [5.74, 6) is 1.66. The average molecular weight is 531 g/mol. The molecule has 0 aliphatic heterocycles. The van der Waals surface area contributed by atoms with E-state index in [1.165, 1.54) is 0 Å². The van der Waals surface area contributed by atoms with Gasteiger partial charge >= 0.3 is 0 Å². The lowest BCUT2D eigenvalue weighted by Gasteiger charge is -2.12. The van der Waals surface area contributed by atoms with Gasteiger partial charge < -0.3 is 20.7 Å². The van der Waals surface area contributed by atoms with Crippen molar-refractivity contribution in [2.45, 2.75) is 33.2 Å². The molecule has 0 fully saturated rings. The van der Waals surface area contributed by atoms with Crippen molar-refractivity contribution in [1.82, 2.24) is 20.9 Å². The van der Waals surface area contributed by atoms with Crippen molar-refractivity contribution >= 4 is 47.2 Å². The molecule has 29 heavy (non-hydrogen) atoms. The van der Waals surface area contributed by atoms with E-state index in [2.05, 4.69) is 45.2 Å². The zero-order valence-electron chi connectivity index (χ0n) is 17.3. The highest BCUT2D eigenvalue weighted by Gasteiger charge is 2.07. The third kappa shape index (κ3) is 8.57. The molecule has 7 nitrogen and oxygen atoms in total. The number of hydrogen-bond donors (Lipinski definition) is 3. The first-order valence-electron chi connectivity index (χ1n) is 9.42. The van der Waals surface area contributed by atoms with Gasteiger partial charge in [0.25, 0.3) is 5.91 Å². The van der Waals surface area contributed by atoms with Crippen LogP contribution in [0.4, 0.5) is 0 Å². The summed E-state index contributed by atoms with van der Waals surface area (Å²) in [6.45, 7) is 8.62. The predicted octanol–water partition coefficient (Wildman–Crippen LogP) is 3.38. The Kier molecular flexibility index (Phi) is 11.6. The first-order chi connectivity index (χ1) is 13.5. The van der Waals surface area contributed by atoms with Crippen molar-refractivity contribution in [2.24, 2.45) is 4.99 Å². The summed E-state index contributed by atoms with van der Waals surface area (Å²) < 4.78 is 5.15. The van der Waals surface area contributed by atoms with Crippen LogP contribution < -0.4 is 20.7 Å². The van der Waals surface area contributed by atoms with Gasteiger partial charge in [-0.2, -0.15) is 0 Å². The molecular weight excluding hydrogens is 501 g/mol. The Bertz CT molecular complexity index is 795. The summed E-state index contributed by atoms with van der Waals surface area (Å²) in [5.41, 5.74) is 1.68. The van der Waals surface area contributed by atoms with E-state index in [0.29, 0.717) is 42.8 Å². The molecule has 1 aromatic heterocycles. The summed E-state index contributed by atoms with van der Waals surface area (Å²) in [6, 6.07) is 7.08. The van der Waals surface area contributed by atoms with Gasteiger partial charge in [0.2, 0.25) is 0 Å². The standard InChI is InChI=1S/C20H29N5O2S.HI/c1-5-21-20(24-12-18-25-17(13-28-18)14(2)3)23-10-9-22-19(26)15-7-6-8-16(11-15)27-4;/h6-8,11,13-14H,5,9-10,12H2,1-4H3,(H,22,26)(H2,21,23,24);1H. The molecule has 0 aliphatic carbocycles. The highest BCUT2D eigenvalue weighted by Crippen LogP contribution is 2.18. The lowest BCUT2D eigenvalue weighted by atomic mass is 10.2. The van der Waals surface area contributed by atoms with Crippen LogP contribution >= 0.6 is 35.3 Å². The summed E-state index contributed by atoms with van der Waals surface area (Å²) >= 11 is 1.63. The average Bonchev–Trinajstić information content (AvgIpc) is 3.18. The van der Waals surface area contributed by atoms with Crippen LogP contribution in [0.3, 0.4) is 0 Å². The highest BCUT2D eigenvalue weighted by atomic mass is 127. The molecule has 2 rings (SSSR count). The van der Waals surface area contributed by atoms with E-state index in [9.17, 15) is 4.79 Å². The van der Waals surface area contributed by atoms with Crippen LogP contribution in [-0.4, -0.2) is 43.6 Å². The van der Waals surface area contributed by atoms with Crippen molar-refractivity contribution in [2.75, 3.05) is 26.7 Å². The lowest BCUT2D eigenvalue weighted by Crippen LogP contribution is -2.41. The minimum atomic E-state index is -0.133. The van der Waals surface area contributed by atoms with Crippen LogP contribution in [0, 0.1) is 0 Å². The van der Waals surface area contributed by atoms with E-state index >= 15 is 0 Å². The molecule has 160 valence electrons. The summed E-state index contributed by atoms with van der Waals surface area (Å²) in [6.07, 6.45) is 0. The number of carbonyl (C=O) groups excluding carboxylic acids is 1. The number of rotatable bonds is 9. The number of ether oxygens (including phenoxy) is 1. The van der Waals surface area contributed by atoms with Crippen LogP contribution in [0.1, 0.15) is 47.7 Å². The van der Waals surface area contributed by atoms with Gasteiger partial charge in [-0.1, -0.05) is 19.9 Å². The first-order valence-corrected chi connectivity index (χ1v) is 10.3. The van der Waals surface area contributed by atoms with E-state index in [4.69, 9.17) is 4.74 Å². The predicted molar refractivity (Wildman–Crippen MR) is 130 cm³/mol. The zero-order chi connectivity index (χ0) is 20.4. The van der Waals surface area contributed by atoms with Gasteiger partial charge in [-0.05, 0) is 31.0 Å². The van der Waals surface area contributed by atoms with Crippen LogP contribution in [0.2, 0.25) is 0 Å². The van der Waals surface area contributed by atoms with E-state index in [-0.39, 0.29) is 29.9 Å². The molecule has 9 heteroatoms. The normalized spacial score (nSPS) is 11.0. The molecule has 3 N–H and O–H groups in total. The fourth-order valence-corrected chi connectivity index (χ4v) is 3.25. The number of halogens is 1. The summed E-state index contributed by atoms with van der Waals surface area (Å²) in [5, 5.41) is 12.4. The number of aromatic nitrogens is 1. The quantitative estimate of drug-likeness (QED) is 0.200. The Hall–Kier alpha value is -1.88.